The zero-order chi connectivity index (χ0) is 21.0. The lowest BCUT2D eigenvalue weighted by Crippen LogP contribution is -2.17. The van der Waals surface area contributed by atoms with E-state index in [2.05, 4.69) is 5.32 Å². The topological polar surface area (TPSA) is 66.0 Å². The number of carbonyl (C=O) groups is 1. The summed E-state index contributed by atoms with van der Waals surface area (Å²) in [7, 11) is 0. The molecule has 3 rings (SSSR count). The number of halogens is 4. The van der Waals surface area contributed by atoms with Gasteiger partial charge in [0.05, 0.1) is 16.8 Å². The average molecular weight is 400 g/mol. The smallest absolute Gasteiger partial charge is 0.418 e. The monoisotopic (exact) mass is 400 g/mol. The lowest BCUT2D eigenvalue weighted by atomic mass is 10.1. The molecule has 0 aliphatic heterocycles. The van der Waals surface area contributed by atoms with E-state index in [1.807, 2.05) is 0 Å². The van der Waals surface area contributed by atoms with Crippen molar-refractivity contribution in [2.45, 2.75) is 6.18 Å². The van der Waals surface area contributed by atoms with Gasteiger partial charge in [-0.25, -0.2) is 4.39 Å². The minimum absolute atomic E-state index is 0.0686. The molecular formula is C21H12F4N2O2. The van der Waals surface area contributed by atoms with Crippen molar-refractivity contribution < 1.29 is 26.8 Å². The Kier molecular flexibility index (Phi) is 5.50. The van der Waals surface area contributed by atoms with Crippen molar-refractivity contribution in [1.29, 1.82) is 5.26 Å². The van der Waals surface area contributed by atoms with E-state index in [1.54, 1.807) is 12.1 Å². The van der Waals surface area contributed by atoms with Gasteiger partial charge in [0.1, 0.15) is 29.0 Å². The minimum Gasteiger partial charge on any atom is -0.457 e. The third-order valence-electron chi connectivity index (χ3n) is 3.90. The van der Waals surface area contributed by atoms with Crippen LogP contribution in [0.3, 0.4) is 0 Å². The Morgan fingerprint density at radius 2 is 1.72 bits per heavy atom. The normalized spacial score (nSPS) is 11.8. The largest absolute Gasteiger partial charge is 0.457 e. The first-order chi connectivity index (χ1) is 13.8. The highest BCUT2D eigenvalue weighted by Gasteiger charge is 2.33. The fourth-order valence-corrected chi connectivity index (χ4v) is 2.56. The summed E-state index contributed by atoms with van der Waals surface area (Å²) in [5.74, 6) is -1.30. The van der Waals surface area contributed by atoms with Crippen LogP contribution in [0.5, 0.6) is 0 Å². The van der Waals surface area contributed by atoms with Crippen molar-refractivity contribution in [1.82, 2.24) is 0 Å². The maximum atomic E-state index is 13.8. The first-order valence-corrected chi connectivity index (χ1v) is 8.23. The van der Waals surface area contributed by atoms with Crippen LogP contribution in [0.15, 0.2) is 70.7 Å². The first-order valence-electron chi connectivity index (χ1n) is 8.23. The number of benzene rings is 2. The number of carbonyl (C=O) groups excluding carboxylic acids is 1. The Balaban J connectivity index is 1.86. The Labute approximate surface area is 162 Å². The Morgan fingerprint density at radius 3 is 2.41 bits per heavy atom. The highest BCUT2D eigenvalue weighted by atomic mass is 19.4. The Bertz CT molecular complexity index is 1120. The first kappa shape index (κ1) is 19.9. The zero-order valence-electron chi connectivity index (χ0n) is 14.6. The van der Waals surface area contributed by atoms with Crippen LogP contribution >= 0.6 is 0 Å². The molecule has 0 atom stereocenters. The average Bonchev–Trinajstić information content (AvgIpc) is 3.14. The predicted octanol–water partition coefficient (Wildman–Crippen LogP) is 5.65. The SMILES string of the molecule is N#C/C(=C\c1ccc(-c2ccccc2F)o1)C(=O)Nc1ccccc1C(F)(F)F. The lowest BCUT2D eigenvalue weighted by Gasteiger charge is -2.13. The molecule has 1 heterocycles. The molecule has 0 unspecified atom stereocenters. The van der Waals surface area contributed by atoms with E-state index < -0.39 is 34.7 Å². The molecule has 0 bridgehead atoms. The van der Waals surface area contributed by atoms with E-state index in [4.69, 9.17) is 4.42 Å². The molecule has 0 saturated carbocycles. The molecule has 0 fully saturated rings. The molecule has 2 aromatic carbocycles. The number of para-hydroxylation sites is 1. The highest BCUT2D eigenvalue weighted by Crippen LogP contribution is 2.34. The number of nitrogens with one attached hydrogen (secondary N) is 1. The summed E-state index contributed by atoms with van der Waals surface area (Å²) >= 11 is 0. The second kappa shape index (κ2) is 8.02. The summed E-state index contributed by atoms with van der Waals surface area (Å²) < 4.78 is 58.4. The van der Waals surface area contributed by atoms with Gasteiger partial charge in [-0.05, 0) is 36.4 Å². The van der Waals surface area contributed by atoms with E-state index >= 15 is 0 Å². The van der Waals surface area contributed by atoms with Gasteiger partial charge in [0.2, 0.25) is 0 Å². The molecule has 0 radical (unpaired) electrons. The summed E-state index contributed by atoms with van der Waals surface area (Å²) in [4.78, 5) is 12.3. The van der Waals surface area contributed by atoms with Crippen LogP contribution in [-0.4, -0.2) is 5.91 Å². The number of amides is 1. The summed E-state index contributed by atoms with van der Waals surface area (Å²) in [6.07, 6.45) is -3.61. The molecule has 0 spiro atoms. The maximum absolute atomic E-state index is 13.8. The van der Waals surface area contributed by atoms with Gasteiger partial charge in [0, 0.05) is 6.08 Å². The van der Waals surface area contributed by atoms with Gasteiger partial charge in [0.25, 0.3) is 5.91 Å². The van der Waals surface area contributed by atoms with E-state index in [0.717, 1.165) is 18.2 Å². The van der Waals surface area contributed by atoms with Crippen molar-refractivity contribution in [2.24, 2.45) is 0 Å². The molecule has 0 aliphatic carbocycles. The van der Waals surface area contributed by atoms with Crippen LogP contribution < -0.4 is 5.32 Å². The fraction of sp³-hybridized carbons (Fsp3) is 0.0476. The molecule has 1 aromatic heterocycles. The summed E-state index contributed by atoms with van der Waals surface area (Å²) in [6.45, 7) is 0. The van der Waals surface area contributed by atoms with Crippen molar-refractivity contribution in [2.75, 3.05) is 5.32 Å². The van der Waals surface area contributed by atoms with Crippen LogP contribution in [0.2, 0.25) is 0 Å². The number of anilines is 1. The molecule has 29 heavy (non-hydrogen) atoms. The van der Waals surface area contributed by atoms with Gasteiger partial charge in [-0.1, -0.05) is 24.3 Å². The fourth-order valence-electron chi connectivity index (χ4n) is 2.56. The van der Waals surface area contributed by atoms with Crippen LogP contribution in [-0.2, 0) is 11.0 Å². The third-order valence-corrected chi connectivity index (χ3v) is 3.90. The predicted molar refractivity (Wildman–Crippen MR) is 97.8 cm³/mol. The van der Waals surface area contributed by atoms with Gasteiger partial charge in [-0.15, -0.1) is 0 Å². The molecular weight excluding hydrogens is 388 g/mol. The van der Waals surface area contributed by atoms with E-state index in [9.17, 15) is 27.6 Å². The molecule has 4 nitrogen and oxygen atoms in total. The molecule has 1 N–H and O–H groups in total. The number of nitriles is 1. The summed E-state index contributed by atoms with van der Waals surface area (Å²) in [5.41, 5.74) is -1.80. The van der Waals surface area contributed by atoms with Crippen LogP contribution in [0.25, 0.3) is 17.4 Å². The standard InChI is InChI=1S/C21H12F4N2O2/c22-17-7-3-1-5-15(17)19-10-9-14(29-19)11-13(12-26)20(28)27-18-8-4-2-6-16(18)21(23,24)25/h1-11H,(H,27,28)/b13-11+. The Morgan fingerprint density at radius 1 is 1.03 bits per heavy atom. The molecule has 146 valence electrons. The number of hydrogen-bond donors (Lipinski definition) is 1. The highest BCUT2D eigenvalue weighted by molar-refractivity contribution is 6.09. The van der Waals surface area contributed by atoms with E-state index in [1.165, 1.54) is 42.5 Å². The van der Waals surface area contributed by atoms with Crippen molar-refractivity contribution >= 4 is 17.7 Å². The second-order valence-electron chi connectivity index (χ2n) is 5.85. The Hall–Kier alpha value is -3.86. The number of furan rings is 1. The molecule has 8 heteroatoms. The number of nitrogens with zero attached hydrogens (tertiary/aromatic N) is 1. The minimum atomic E-state index is -4.67. The van der Waals surface area contributed by atoms with Crippen molar-refractivity contribution in [3.8, 4) is 17.4 Å². The van der Waals surface area contributed by atoms with E-state index in [0.29, 0.717) is 0 Å². The quantitative estimate of drug-likeness (QED) is 0.350. The summed E-state index contributed by atoms with van der Waals surface area (Å²) in [5, 5.41) is 11.3. The van der Waals surface area contributed by atoms with Gasteiger partial charge in [-0.2, -0.15) is 18.4 Å². The number of rotatable bonds is 4. The summed E-state index contributed by atoms with van der Waals surface area (Å²) in [6, 6.07) is 14.8. The van der Waals surface area contributed by atoms with Crippen molar-refractivity contribution in [3.05, 3.63) is 83.4 Å². The molecule has 1 amide bonds. The maximum Gasteiger partial charge on any atom is 0.418 e. The van der Waals surface area contributed by atoms with Crippen LogP contribution in [0.1, 0.15) is 11.3 Å². The lowest BCUT2D eigenvalue weighted by molar-refractivity contribution is -0.137. The second-order valence-corrected chi connectivity index (χ2v) is 5.85. The number of alkyl halides is 3. The van der Waals surface area contributed by atoms with Crippen LogP contribution in [0, 0.1) is 17.1 Å². The van der Waals surface area contributed by atoms with Gasteiger partial charge < -0.3 is 9.73 Å². The van der Waals surface area contributed by atoms with Gasteiger partial charge in [-0.3, -0.25) is 4.79 Å². The van der Waals surface area contributed by atoms with E-state index in [-0.39, 0.29) is 17.1 Å². The number of hydrogen-bond acceptors (Lipinski definition) is 3. The van der Waals surface area contributed by atoms with Crippen molar-refractivity contribution in [3.63, 3.8) is 0 Å². The van der Waals surface area contributed by atoms with Crippen LogP contribution in [0.4, 0.5) is 23.2 Å². The molecule has 0 aliphatic rings. The van der Waals surface area contributed by atoms with Gasteiger partial charge >= 0.3 is 6.18 Å². The van der Waals surface area contributed by atoms with Gasteiger partial charge in [0.15, 0.2) is 0 Å². The molecule has 0 saturated heterocycles. The molecule has 3 aromatic rings. The zero-order valence-corrected chi connectivity index (χ0v) is 14.6. The third kappa shape index (κ3) is 4.52.